The molecule has 1 aliphatic rings. The summed E-state index contributed by atoms with van der Waals surface area (Å²) in [5.41, 5.74) is 1.68. The maximum atomic E-state index is 2.45. The first kappa shape index (κ1) is 6.40. The van der Waals surface area contributed by atoms with E-state index >= 15 is 0 Å². The third-order valence-corrected chi connectivity index (χ3v) is 8.87. The fraction of sp³-hybridized carbons (Fsp3) is 0.714. The average Bonchev–Trinajstić information content (AvgIpc) is 2.14. The molecule has 0 bridgehead atoms. The van der Waals surface area contributed by atoms with Gasteiger partial charge in [-0.05, 0) is 0 Å². The van der Waals surface area contributed by atoms with E-state index in [1.54, 1.807) is 16.1 Å². The molecule has 0 aliphatic carbocycles. The first-order chi connectivity index (χ1) is 3.83. The monoisotopic (exact) mass is 172 g/mol. The van der Waals surface area contributed by atoms with Gasteiger partial charge in [0.05, 0.1) is 0 Å². The molecular formula is C7H14Ge. The molecule has 8 heavy (non-hydrogen) atoms. The summed E-state index contributed by atoms with van der Waals surface area (Å²) in [4.78, 5) is 0. The van der Waals surface area contributed by atoms with E-state index in [-0.39, 0.29) is 0 Å². The van der Waals surface area contributed by atoms with Gasteiger partial charge < -0.3 is 0 Å². The maximum absolute atomic E-state index is 2.45. The molecule has 0 amide bonds. The van der Waals surface area contributed by atoms with Crippen molar-refractivity contribution in [3.63, 3.8) is 0 Å². The second-order valence-electron chi connectivity index (χ2n) is 2.76. The van der Waals surface area contributed by atoms with Crippen LogP contribution in [0.25, 0.3) is 0 Å². The molecule has 0 aromatic heterocycles. The van der Waals surface area contributed by atoms with Gasteiger partial charge in [-0.15, -0.1) is 0 Å². The summed E-state index contributed by atoms with van der Waals surface area (Å²) in [5, 5.41) is 4.61. The Bertz CT molecular complexity index is 105. The Morgan fingerprint density at radius 1 is 1.75 bits per heavy atom. The third kappa shape index (κ3) is 1.38. The van der Waals surface area contributed by atoms with E-state index in [0.29, 0.717) is 0 Å². The summed E-state index contributed by atoms with van der Waals surface area (Å²) in [5.74, 6) is 0. The first-order valence-corrected chi connectivity index (χ1v) is 8.62. The number of rotatable bonds is 1. The van der Waals surface area contributed by atoms with Gasteiger partial charge in [-0.3, -0.25) is 0 Å². The van der Waals surface area contributed by atoms with Crippen molar-refractivity contribution in [2.75, 3.05) is 0 Å². The van der Waals surface area contributed by atoms with Crippen LogP contribution >= 0.6 is 0 Å². The van der Waals surface area contributed by atoms with Crippen LogP contribution in [0.3, 0.4) is 0 Å². The summed E-state index contributed by atoms with van der Waals surface area (Å²) < 4.78 is 0. The van der Waals surface area contributed by atoms with Gasteiger partial charge in [0.2, 0.25) is 0 Å². The predicted molar refractivity (Wildman–Crippen MR) is 41.0 cm³/mol. The van der Waals surface area contributed by atoms with Crippen LogP contribution in [0, 0.1) is 0 Å². The summed E-state index contributed by atoms with van der Waals surface area (Å²) in [7, 11) is 0. The molecule has 0 saturated carbocycles. The van der Waals surface area contributed by atoms with Crippen LogP contribution in [0.4, 0.5) is 0 Å². The van der Waals surface area contributed by atoms with Crippen molar-refractivity contribution in [1.82, 2.24) is 0 Å². The van der Waals surface area contributed by atoms with Gasteiger partial charge in [0.15, 0.2) is 0 Å². The van der Waals surface area contributed by atoms with Crippen molar-refractivity contribution < 1.29 is 0 Å². The van der Waals surface area contributed by atoms with Gasteiger partial charge in [-0.1, -0.05) is 0 Å². The molecule has 0 aromatic rings. The van der Waals surface area contributed by atoms with Crippen LogP contribution in [-0.4, -0.2) is 14.3 Å². The zero-order valence-corrected chi connectivity index (χ0v) is 8.20. The van der Waals surface area contributed by atoms with Crippen LogP contribution in [0.2, 0.25) is 15.8 Å². The molecule has 0 aromatic carbocycles. The molecular weight excluding hydrogens is 157 g/mol. The Balaban J connectivity index is 2.32. The van der Waals surface area contributed by atoms with E-state index in [4.69, 9.17) is 0 Å². The average molecular weight is 171 g/mol. The van der Waals surface area contributed by atoms with Gasteiger partial charge in [-0.2, -0.15) is 0 Å². The topological polar surface area (TPSA) is 0 Å². The fourth-order valence-corrected chi connectivity index (χ4v) is 6.76. The number of allylic oxidation sites excluding steroid dienone is 2. The van der Waals surface area contributed by atoms with Crippen LogP contribution in [-0.2, 0) is 0 Å². The third-order valence-electron chi connectivity index (χ3n) is 1.99. The van der Waals surface area contributed by atoms with Crippen molar-refractivity contribution in [3.05, 3.63) is 11.6 Å². The zero-order chi connectivity index (χ0) is 5.98. The molecule has 1 unspecified atom stereocenters. The standard InChI is InChI=1S/C7H14Ge/c1-3-8-5-4-7(2)6-8/h4,8H,3,5-6H2,1-2H3. The summed E-state index contributed by atoms with van der Waals surface area (Å²) >= 11 is -0.628. The Morgan fingerprint density at radius 3 is 2.75 bits per heavy atom. The van der Waals surface area contributed by atoms with E-state index in [1.807, 2.05) is 0 Å². The molecule has 0 fully saturated rings. The van der Waals surface area contributed by atoms with Crippen molar-refractivity contribution in [3.8, 4) is 0 Å². The summed E-state index contributed by atoms with van der Waals surface area (Å²) in [6.07, 6.45) is 2.45. The molecule has 0 nitrogen and oxygen atoms in total. The molecule has 1 heterocycles. The summed E-state index contributed by atoms with van der Waals surface area (Å²) in [6, 6.07) is 0. The van der Waals surface area contributed by atoms with Gasteiger partial charge in [-0.25, -0.2) is 0 Å². The Morgan fingerprint density at radius 2 is 2.50 bits per heavy atom. The Labute approximate surface area is 56.1 Å². The Kier molecular flexibility index (Phi) is 2.18. The van der Waals surface area contributed by atoms with E-state index < -0.39 is 14.3 Å². The predicted octanol–water partition coefficient (Wildman–Crippen LogP) is 2.19. The first-order valence-electron chi connectivity index (χ1n) is 3.48. The van der Waals surface area contributed by atoms with Gasteiger partial charge >= 0.3 is 55.6 Å². The molecule has 46 valence electrons. The normalized spacial score (nSPS) is 28.2. The van der Waals surface area contributed by atoms with Crippen molar-refractivity contribution in [1.29, 1.82) is 0 Å². The van der Waals surface area contributed by atoms with Crippen molar-refractivity contribution in [2.45, 2.75) is 29.6 Å². The molecule has 0 saturated heterocycles. The molecule has 1 atom stereocenters. The van der Waals surface area contributed by atoms with E-state index in [9.17, 15) is 0 Å². The van der Waals surface area contributed by atoms with Crippen LogP contribution < -0.4 is 0 Å². The SMILES string of the molecule is C[CH2][GeH]1[CH2]C=C(C)[CH2]1. The second-order valence-corrected chi connectivity index (χ2v) is 9.96. The second kappa shape index (κ2) is 2.72. The van der Waals surface area contributed by atoms with Gasteiger partial charge in [0.25, 0.3) is 0 Å². The zero-order valence-electron chi connectivity index (χ0n) is 5.78. The molecule has 0 radical (unpaired) electrons. The van der Waals surface area contributed by atoms with Crippen LogP contribution in [0.15, 0.2) is 11.6 Å². The van der Waals surface area contributed by atoms with Crippen LogP contribution in [0.5, 0.6) is 0 Å². The Hall–Kier alpha value is 0.283. The fourth-order valence-electron chi connectivity index (χ4n) is 1.30. The quantitative estimate of drug-likeness (QED) is 0.418. The minimum absolute atomic E-state index is 0.628. The molecule has 0 N–H and O–H groups in total. The molecule has 1 rings (SSSR count). The van der Waals surface area contributed by atoms with Gasteiger partial charge in [0, 0.05) is 0 Å². The van der Waals surface area contributed by atoms with Crippen molar-refractivity contribution >= 4 is 14.3 Å². The van der Waals surface area contributed by atoms with E-state index in [2.05, 4.69) is 19.9 Å². The summed E-state index contributed by atoms with van der Waals surface area (Å²) in [6.45, 7) is 4.64. The number of hydrogen-bond acceptors (Lipinski definition) is 0. The molecule has 1 aliphatic heterocycles. The molecule has 1 heteroatoms. The minimum atomic E-state index is -0.628. The number of hydrogen-bond donors (Lipinski definition) is 0. The van der Waals surface area contributed by atoms with Gasteiger partial charge in [0.1, 0.15) is 0 Å². The molecule has 0 spiro atoms. The van der Waals surface area contributed by atoms with E-state index in [1.165, 1.54) is 5.25 Å². The van der Waals surface area contributed by atoms with Crippen LogP contribution in [0.1, 0.15) is 13.8 Å². The van der Waals surface area contributed by atoms with Crippen molar-refractivity contribution in [2.24, 2.45) is 0 Å². The van der Waals surface area contributed by atoms with E-state index in [0.717, 1.165) is 0 Å².